The first-order valence-electron chi connectivity index (χ1n) is 7.14. The van der Waals surface area contributed by atoms with Gasteiger partial charge in [0.15, 0.2) is 6.23 Å². The van der Waals surface area contributed by atoms with Crippen molar-refractivity contribution in [3.63, 3.8) is 0 Å². The van der Waals surface area contributed by atoms with E-state index in [1.54, 1.807) is 12.4 Å². The molecule has 2 atom stereocenters. The minimum atomic E-state index is -0.804. The number of aliphatic hydroxyl groups is 1. The van der Waals surface area contributed by atoms with Gasteiger partial charge in [0.05, 0.1) is 17.3 Å². The first-order valence-corrected chi connectivity index (χ1v) is 7.14. The van der Waals surface area contributed by atoms with Crippen molar-refractivity contribution in [3.8, 4) is 0 Å². The Morgan fingerprint density at radius 3 is 3.14 bits per heavy atom. The molecule has 22 heavy (non-hydrogen) atoms. The molecule has 0 aliphatic carbocycles. The number of aliphatic hydroxyl groups excluding tert-OH is 1. The van der Waals surface area contributed by atoms with Crippen molar-refractivity contribution in [1.82, 2.24) is 25.3 Å². The van der Waals surface area contributed by atoms with Crippen LogP contribution in [0.3, 0.4) is 0 Å². The van der Waals surface area contributed by atoms with E-state index in [0.29, 0.717) is 5.69 Å². The maximum absolute atomic E-state index is 9.88. The zero-order valence-corrected chi connectivity index (χ0v) is 12.0. The molecule has 4 rings (SSSR count). The Labute approximate surface area is 127 Å². The summed E-state index contributed by atoms with van der Waals surface area (Å²) in [5.74, 6) is 0. The lowest BCUT2D eigenvalue weighted by atomic mass is 10.0. The number of rotatable bonds is 2. The highest BCUT2D eigenvalue weighted by Crippen LogP contribution is 2.26. The average molecular weight is 293 g/mol. The maximum atomic E-state index is 9.88. The zero-order chi connectivity index (χ0) is 15.1. The van der Waals surface area contributed by atoms with E-state index in [0.717, 1.165) is 22.2 Å². The lowest BCUT2D eigenvalue weighted by molar-refractivity contribution is 0.149. The van der Waals surface area contributed by atoms with Gasteiger partial charge >= 0.3 is 0 Å². The molecule has 1 aliphatic heterocycles. The fourth-order valence-corrected chi connectivity index (χ4v) is 2.75. The molecule has 0 bridgehead atoms. The highest BCUT2D eigenvalue weighted by atomic mass is 16.3. The van der Waals surface area contributed by atoms with Gasteiger partial charge in [-0.25, -0.2) is 4.68 Å². The lowest BCUT2D eigenvalue weighted by Crippen LogP contribution is -2.20. The van der Waals surface area contributed by atoms with Crippen LogP contribution in [0, 0.1) is 0 Å². The third kappa shape index (κ3) is 1.96. The monoisotopic (exact) mass is 293 g/mol. The van der Waals surface area contributed by atoms with E-state index < -0.39 is 6.23 Å². The molecule has 0 fully saturated rings. The number of benzene rings is 1. The molecule has 3 heterocycles. The third-order valence-corrected chi connectivity index (χ3v) is 3.99. The van der Waals surface area contributed by atoms with Crippen molar-refractivity contribution in [2.45, 2.75) is 19.2 Å². The van der Waals surface area contributed by atoms with E-state index in [2.05, 4.69) is 39.7 Å². The minimum absolute atomic E-state index is 0.0100. The second kappa shape index (κ2) is 4.92. The smallest absolute Gasteiger partial charge is 0.171 e. The molecule has 1 unspecified atom stereocenters. The van der Waals surface area contributed by atoms with Crippen LogP contribution in [0.4, 0.5) is 0 Å². The predicted octanol–water partition coefficient (Wildman–Crippen LogP) is 2.00. The molecule has 1 aliphatic rings. The Kier molecular flexibility index (Phi) is 2.90. The normalized spacial score (nSPS) is 18.0. The highest BCUT2D eigenvalue weighted by molar-refractivity contribution is 5.79. The SMILES string of the molecule is C[C@H](c1ccc2ncccc2c1)n1nnc2c1C=CNC2O. The van der Waals surface area contributed by atoms with Gasteiger partial charge < -0.3 is 10.4 Å². The summed E-state index contributed by atoms with van der Waals surface area (Å²) in [7, 11) is 0. The summed E-state index contributed by atoms with van der Waals surface area (Å²) in [4.78, 5) is 4.34. The largest absolute Gasteiger partial charge is 0.368 e. The topological polar surface area (TPSA) is 75.9 Å². The van der Waals surface area contributed by atoms with Crippen molar-refractivity contribution < 1.29 is 5.11 Å². The highest BCUT2D eigenvalue weighted by Gasteiger charge is 2.23. The van der Waals surface area contributed by atoms with E-state index in [4.69, 9.17) is 0 Å². The van der Waals surface area contributed by atoms with Gasteiger partial charge in [-0.1, -0.05) is 17.3 Å². The van der Waals surface area contributed by atoms with Gasteiger partial charge in [0.2, 0.25) is 0 Å². The standard InChI is InChI=1S/C16H15N5O/c1-10(11-4-5-13-12(9-11)3-2-7-17-13)21-14-6-8-18-16(22)15(14)19-20-21/h2-10,16,18,22H,1H3/t10-,16?/m1/s1. The Balaban J connectivity index is 1.78. The number of nitrogens with one attached hydrogen (secondary N) is 1. The van der Waals surface area contributed by atoms with Crippen LogP contribution in [0.2, 0.25) is 0 Å². The quantitative estimate of drug-likeness (QED) is 0.756. The van der Waals surface area contributed by atoms with Crippen LogP contribution < -0.4 is 5.32 Å². The van der Waals surface area contributed by atoms with Crippen molar-refractivity contribution >= 4 is 17.0 Å². The molecule has 2 N–H and O–H groups in total. The molecular formula is C16H15N5O. The number of hydrogen-bond donors (Lipinski definition) is 2. The fourth-order valence-electron chi connectivity index (χ4n) is 2.75. The summed E-state index contributed by atoms with van der Waals surface area (Å²) in [5.41, 5.74) is 3.47. The van der Waals surface area contributed by atoms with Crippen LogP contribution in [0.15, 0.2) is 42.7 Å². The van der Waals surface area contributed by atoms with Crippen molar-refractivity contribution in [3.05, 3.63) is 59.7 Å². The van der Waals surface area contributed by atoms with Crippen LogP contribution in [-0.2, 0) is 0 Å². The van der Waals surface area contributed by atoms with Crippen molar-refractivity contribution in [1.29, 1.82) is 0 Å². The molecule has 2 aromatic heterocycles. The molecule has 0 saturated heterocycles. The van der Waals surface area contributed by atoms with E-state index in [9.17, 15) is 5.11 Å². The van der Waals surface area contributed by atoms with Crippen LogP contribution in [0.25, 0.3) is 17.0 Å². The Morgan fingerprint density at radius 2 is 2.23 bits per heavy atom. The molecular weight excluding hydrogens is 278 g/mol. The van der Waals surface area contributed by atoms with Crippen LogP contribution in [-0.4, -0.2) is 25.1 Å². The van der Waals surface area contributed by atoms with E-state index >= 15 is 0 Å². The van der Waals surface area contributed by atoms with Gasteiger partial charge in [-0.05, 0) is 36.8 Å². The molecule has 110 valence electrons. The fraction of sp³-hybridized carbons (Fsp3) is 0.188. The van der Waals surface area contributed by atoms with Gasteiger partial charge in [-0.2, -0.15) is 0 Å². The van der Waals surface area contributed by atoms with Crippen LogP contribution >= 0.6 is 0 Å². The van der Waals surface area contributed by atoms with Crippen molar-refractivity contribution in [2.24, 2.45) is 0 Å². The summed E-state index contributed by atoms with van der Waals surface area (Å²) in [6.45, 7) is 2.06. The summed E-state index contributed by atoms with van der Waals surface area (Å²) >= 11 is 0. The molecule has 0 amide bonds. The Hall–Kier alpha value is -2.73. The second-order valence-electron chi connectivity index (χ2n) is 5.34. The summed E-state index contributed by atoms with van der Waals surface area (Å²) in [5, 5.41) is 22.1. The number of fused-ring (bicyclic) bond motifs is 2. The lowest BCUT2D eigenvalue weighted by Gasteiger charge is -2.18. The number of hydrogen-bond acceptors (Lipinski definition) is 5. The summed E-state index contributed by atoms with van der Waals surface area (Å²) in [6, 6.07) is 10.2. The van der Waals surface area contributed by atoms with Gasteiger partial charge in [-0.15, -0.1) is 5.10 Å². The van der Waals surface area contributed by atoms with Gasteiger partial charge in [0.25, 0.3) is 0 Å². The number of aromatic nitrogens is 4. The summed E-state index contributed by atoms with van der Waals surface area (Å²) in [6.07, 6.45) is 4.57. The molecule has 0 radical (unpaired) electrons. The van der Waals surface area contributed by atoms with E-state index in [1.165, 1.54) is 0 Å². The second-order valence-corrected chi connectivity index (χ2v) is 5.34. The van der Waals surface area contributed by atoms with Gasteiger partial charge in [0.1, 0.15) is 5.69 Å². The first-order chi connectivity index (χ1) is 10.7. The Morgan fingerprint density at radius 1 is 1.32 bits per heavy atom. The molecule has 6 nitrogen and oxygen atoms in total. The van der Waals surface area contributed by atoms with Crippen molar-refractivity contribution in [2.75, 3.05) is 0 Å². The summed E-state index contributed by atoms with van der Waals surface area (Å²) < 4.78 is 1.83. The third-order valence-electron chi connectivity index (χ3n) is 3.99. The van der Waals surface area contributed by atoms with Crippen LogP contribution in [0.1, 0.15) is 36.1 Å². The maximum Gasteiger partial charge on any atom is 0.171 e. The molecule has 1 aromatic carbocycles. The van der Waals surface area contributed by atoms with E-state index in [-0.39, 0.29) is 6.04 Å². The number of nitrogens with zero attached hydrogens (tertiary/aromatic N) is 4. The molecule has 3 aromatic rings. The Bertz CT molecular complexity index is 870. The molecule has 6 heteroatoms. The number of pyridine rings is 1. The molecule has 0 saturated carbocycles. The van der Waals surface area contributed by atoms with Crippen LogP contribution in [0.5, 0.6) is 0 Å². The first kappa shape index (κ1) is 13.0. The van der Waals surface area contributed by atoms with Gasteiger partial charge in [-0.3, -0.25) is 4.98 Å². The zero-order valence-electron chi connectivity index (χ0n) is 12.0. The van der Waals surface area contributed by atoms with Gasteiger partial charge in [0, 0.05) is 17.8 Å². The molecule has 0 spiro atoms. The predicted molar refractivity (Wildman–Crippen MR) is 82.7 cm³/mol. The minimum Gasteiger partial charge on any atom is -0.368 e. The van der Waals surface area contributed by atoms with E-state index in [1.807, 2.05) is 29.0 Å². The average Bonchev–Trinajstić information content (AvgIpc) is 2.99.